The van der Waals surface area contributed by atoms with Crippen molar-refractivity contribution in [3.05, 3.63) is 28.8 Å². The van der Waals surface area contributed by atoms with Gasteiger partial charge in [-0.15, -0.1) is 0 Å². The van der Waals surface area contributed by atoms with Gasteiger partial charge in [0.25, 0.3) is 0 Å². The van der Waals surface area contributed by atoms with Crippen molar-refractivity contribution in [2.75, 3.05) is 13.1 Å². The smallest absolute Gasteiger partial charge is 0.244 e. The van der Waals surface area contributed by atoms with Gasteiger partial charge in [0.05, 0.1) is 16.7 Å². The van der Waals surface area contributed by atoms with E-state index in [1.807, 2.05) is 6.07 Å². The molecule has 5 nitrogen and oxygen atoms in total. The Morgan fingerprint density at radius 3 is 2.72 bits per heavy atom. The summed E-state index contributed by atoms with van der Waals surface area (Å²) in [6, 6.07) is 5.93. The highest BCUT2D eigenvalue weighted by atomic mass is 35.5. The number of sulfonamides is 1. The van der Waals surface area contributed by atoms with Gasteiger partial charge in [0.2, 0.25) is 10.0 Å². The van der Waals surface area contributed by atoms with E-state index < -0.39 is 10.0 Å². The largest absolute Gasteiger partial charge is 0.326 e. The number of nitrogens with zero attached hydrogens (tertiary/aromatic N) is 2. The van der Waals surface area contributed by atoms with Crippen LogP contribution in [0.3, 0.4) is 0 Å². The van der Waals surface area contributed by atoms with Crippen LogP contribution in [0.1, 0.15) is 12.0 Å². The van der Waals surface area contributed by atoms with Crippen molar-refractivity contribution in [2.24, 2.45) is 5.73 Å². The van der Waals surface area contributed by atoms with Gasteiger partial charge < -0.3 is 5.73 Å². The van der Waals surface area contributed by atoms with Gasteiger partial charge in [-0.2, -0.15) is 9.57 Å². The Hall–Kier alpha value is -1.13. The van der Waals surface area contributed by atoms with Gasteiger partial charge in [-0.25, -0.2) is 8.42 Å². The molecule has 1 heterocycles. The molecule has 0 bridgehead atoms. The summed E-state index contributed by atoms with van der Waals surface area (Å²) in [5.74, 6) is 0. The molecular weight excluding hydrogens is 274 g/mol. The van der Waals surface area contributed by atoms with Crippen LogP contribution in [0, 0.1) is 11.3 Å². The Labute approximate surface area is 111 Å². The van der Waals surface area contributed by atoms with Gasteiger partial charge in [0.15, 0.2) is 0 Å². The van der Waals surface area contributed by atoms with E-state index >= 15 is 0 Å². The predicted molar refractivity (Wildman–Crippen MR) is 67.5 cm³/mol. The van der Waals surface area contributed by atoms with Crippen molar-refractivity contribution in [2.45, 2.75) is 17.4 Å². The van der Waals surface area contributed by atoms with Crippen molar-refractivity contribution < 1.29 is 8.42 Å². The summed E-state index contributed by atoms with van der Waals surface area (Å²) in [5, 5.41) is 8.78. The SMILES string of the molecule is N#Cc1ccc(S(=O)(=O)N2CC[C@@H](N)C2)c(Cl)c1. The summed E-state index contributed by atoms with van der Waals surface area (Å²) in [6.45, 7) is 0.707. The van der Waals surface area contributed by atoms with Crippen LogP contribution in [0.5, 0.6) is 0 Å². The number of rotatable bonds is 2. The molecule has 0 unspecified atom stereocenters. The molecule has 1 aromatic rings. The van der Waals surface area contributed by atoms with E-state index in [4.69, 9.17) is 22.6 Å². The molecule has 1 aromatic carbocycles. The fourth-order valence-corrected chi connectivity index (χ4v) is 3.92. The minimum Gasteiger partial charge on any atom is -0.326 e. The Morgan fingerprint density at radius 1 is 1.50 bits per heavy atom. The molecular formula is C11H12ClN3O2S. The highest BCUT2D eigenvalue weighted by molar-refractivity contribution is 7.89. The molecule has 0 radical (unpaired) electrons. The Kier molecular flexibility index (Phi) is 3.59. The van der Waals surface area contributed by atoms with Crippen molar-refractivity contribution in [3.8, 4) is 6.07 Å². The maximum atomic E-state index is 12.3. The van der Waals surface area contributed by atoms with Crippen LogP contribution in [-0.4, -0.2) is 31.9 Å². The highest BCUT2D eigenvalue weighted by Crippen LogP contribution is 2.27. The van der Waals surface area contributed by atoms with E-state index in [0.29, 0.717) is 25.1 Å². The fraction of sp³-hybridized carbons (Fsp3) is 0.364. The highest BCUT2D eigenvalue weighted by Gasteiger charge is 2.32. The van der Waals surface area contributed by atoms with Crippen LogP contribution in [0.15, 0.2) is 23.1 Å². The molecule has 0 saturated carbocycles. The van der Waals surface area contributed by atoms with Crippen molar-refractivity contribution in [1.29, 1.82) is 5.26 Å². The summed E-state index contributed by atoms with van der Waals surface area (Å²) >= 11 is 5.92. The normalized spacial score (nSPS) is 20.8. The van der Waals surface area contributed by atoms with Gasteiger partial charge >= 0.3 is 0 Å². The molecule has 1 fully saturated rings. The molecule has 0 spiro atoms. The Bertz CT molecular complexity index is 609. The molecule has 1 saturated heterocycles. The monoisotopic (exact) mass is 285 g/mol. The van der Waals surface area contributed by atoms with E-state index in [-0.39, 0.29) is 16.0 Å². The second kappa shape index (κ2) is 4.86. The zero-order valence-corrected chi connectivity index (χ0v) is 11.1. The van der Waals surface area contributed by atoms with E-state index in [9.17, 15) is 8.42 Å². The summed E-state index contributed by atoms with van der Waals surface area (Å²) in [7, 11) is -3.62. The summed E-state index contributed by atoms with van der Waals surface area (Å²) < 4.78 is 25.9. The minimum atomic E-state index is -3.62. The molecule has 96 valence electrons. The number of nitrogens with two attached hydrogens (primary N) is 1. The third kappa shape index (κ3) is 2.35. The second-order valence-corrected chi connectivity index (χ2v) is 6.48. The van der Waals surface area contributed by atoms with Gasteiger partial charge in [-0.1, -0.05) is 11.6 Å². The van der Waals surface area contributed by atoms with Gasteiger partial charge in [-0.05, 0) is 24.6 Å². The van der Waals surface area contributed by atoms with Crippen molar-refractivity contribution in [3.63, 3.8) is 0 Å². The summed E-state index contributed by atoms with van der Waals surface area (Å²) in [4.78, 5) is 0.0252. The summed E-state index contributed by atoms with van der Waals surface area (Å²) in [6.07, 6.45) is 0.646. The number of benzene rings is 1. The molecule has 0 aromatic heterocycles. The third-order valence-corrected chi connectivity index (χ3v) is 5.21. The molecule has 18 heavy (non-hydrogen) atoms. The zero-order valence-electron chi connectivity index (χ0n) is 9.51. The molecule has 7 heteroatoms. The predicted octanol–water partition coefficient (Wildman–Crippen LogP) is 0.933. The maximum Gasteiger partial charge on any atom is 0.244 e. The van der Waals surface area contributed by atoms with Crippen LogP contribution in [-0.2, 0) is 10.0 Å². The van der Waals surface area contributed by atoms with Crippen LogP contribution >= 0.6 is 11.6 Å². The standard InChI is InChI=1S/C11H12ClN3O2S/c12-10-5-8(6-13)1-2-11(10)18(16,17)15-4-3-9(14)7-15/h1-2,5,9H,3-4,7,14H2/t9-/m1/s1. The number of nitriles is 1. The van der Waals surface area contributed by atoms with E-state index in [0.717, 1.165) is 0 Å². The average molecular weight is 286 g/mol. The number of halogens is 1. The first-order valence-corrected chi connectivity index (χ1v) is 7.22. The first-order valence-electron chi connectivity index (χ1n) is 5.40. The lowest BCUT2D eigenvalue weighted by Crippen LogP contribution is -2.32. The van der Waals surface area contributed by atoms with Gasteiger partial charge in [0, 0.05) is 19.1 Å². The van der Waals surface area contributed by atoms with Crippen molar-refractivity contribution >= 4 is 21.6 Å². The van der Waals surface area contributed by atoms with E-state index in [1.165, 1.54) is 22.5 Å². The molecule has 0 amide bonds. The van der Waals surface area contributed by atoms with Crippen LogP contribution < -0.4 is 5.73 Å². The lowest BCUT2D eigenvalue weighted by Gasteiger charge is -2.16. The zero-order chi connectivity index (χ0) is 13.3. The van der Waals surface area contributed by atoms with E-state index in [1.54, 1.807) is 0 Å². The number of hydrogen-bond donors (Lipinski definition) is 1. The third-order valence-electron chi connectivity index (χ3n) is 2.87. The minimum absolute atomic E-state index is 0.0252. The first kappa shape index (κ1) is 13.3. The maximum absolute atomic E-state index is 12.3. The topological polar surface area (TPSA) is 87.2 Å². The molecule has 2 rings (SSSR count). The molecule has 2 N–H and O–H groups in total. The van der Waals surface area contributed by atoms with Crippen LogP contribution in [0.4, 0.5) is 0 Å². The van der Waals surface area contributed by atoms with Crippen LogP contribution in [0.2, 0.25) is 5.02 Å². The molecule has 0 aliphatic carbocycles. The lowest BCUT2D eigenvalue weighted by molar-refractivity contribution is 0.472. The van der Waals surface area contributed by atoms with Crippen molar-refractivity contribution in [1.82, 2.24) is 4.31 Å². The van der Waals surface area contributed by atoms with E-state index in [2.05, 4.69) is 0 Å². The lowest BCUT2D eigenvalue weighted by atomic mass is 10.2. The number of hydrogen-bond acceptors (Lipinski definition) is 4. The molecule has 1 atom stereocenters. The fourth-order valence-electron chi connectivity index (χ4n) is 1.89. The second-order valence-electron chi connectivity index (χ2n) is 4.17. The Balaban J connectivity index is 2.39. The molecule has 1 aliphatic rings. The average Bonchev–Trinajstić information content (AvgIpc) is 2.76. The first-order chi connectivity index (χ1) is 8.45. The van der Waals surface area contributed by atoms with Crippen LogP contribution in [0.25, 0.3) is 0 Å². The van der Waals surface area contributed by atoms with Gasteiger partial charge in [0.1, 0.15) is 4.90 Å². The quantitative estimate of drug-likeness (QED) is 0.876. The summed E-state index contributed by atoms with van der Waals surface area (Å²) in [5.41, 5.74) is 6.03. The van der Waals surface area contributed by atoms with Gasteiger partial charge in [-0.3, -0.25) is 0 Å². The Morgan fingerprint density at radius 2 is 2.22 bits per heavy atom. The molecule has 1 aliphatic heterocycles.